The van der Waals surface area contributed by atoms with Crippen LogP contribution in [-0.2, 0) is 11.3 Å². The third-order valence-electron chi connectivity index (χ3n) is 3.03. The molecular weight excluding hydrogens is 252 g/mol. The molecule has 0 radical (unpaired) electrons. The Hall–Kier alpha value is -2.12. The van der Waals surface area contributed by atoms with Gasteiger partial charge in [-0.25, -0.2) is 9.48 Å². The van der Waals surface area contributed by atoms with Gasteiger partial charge in [-0.3, -0.25) is 10.1 Å². The van der Waals surface area contributed by atoms with Crippen molar-refractivity contribution >= 4 is 17.5 Å². The van der Waals surface area contributed by atoms with Crippen LogP contribution in [-0.4, -0.2) is 38.9 Å². The number of hydrogen-bond donors (Lipinski definition) is 1. The number of rotatable bonds is 6. The number of nitro groups is 1. The van der Waals surface area contributed by atoms with Gasteiger partial charge in [0.15, 0.2) is 0 Å². The van der Waals surface area contributed by atoms with E-state index in [9.17, 15) is 14.9 Å². The molecule has 1 rings (SSSR count). The number of carboxylic acid groups (broad SMARTS) is 1. The third kappa shape index (κ3) is 2.67. The number of hydrogen-bond acceptors (Lipinski definition) is 5. The van der Waals surface area contributed by atoms with Crippen molar-refractivity contribution in [2.24, 2.45) is 0 Å². The fourth-order valence-corrected chi connectivity index (χ4v) is 2.10. The van der Waals surface area contributed by atoms with Crippen LogP contribution in [0.4, 0.5) is 11.5 Å². The predicted molar refractivity (Wildman–Crippen MR) is 69.4 cm³/mol. The highest BCUT2D eigenvalue weighted by Gasteiger charge is 2.32. The normalized spacial score (nSPS) is 12.2. The Kier molecular flexibility index (Phi) is 4.47. The lowest BCUT2D eigenvalue weighted by molar-refractivity contribution is -0.384. The molecule has 0 spiro atoms. The maximum absolute atomic E-state index is 11.2. The van der Waals surface area contributed by atoms with Crippen LogP contribution in [0.1, 0.15) is 26.0 Å². The Balaban J connectivity index is 3.38. The van der Waals surface area contributed by atoms with Gasteiger partial charge in [-0.05, 0) is 20.3 Å². The molecule has 0 aliphatic heterocycles. The van der Waals surface area contributed by atoms with E-state index in [-0.39, 0.29) is 17.2 Å². The molecule has 0 bridgehead atoms. The monoisotopic (exact) mass is 270 g/mol. The molecule has 0 aliphatic carbocycles. The SMILES string of the molecule is CCC(C(=O)O)N(C)c1c([N+](=O)[O-])c(C)nn1CC. The van der Waals surface area contributed by atoms with Crippen LogP contribution in [0.5, 0.6) is 0 Å². The van der Waals surface area contributed by atoms with Crippen LogP contribution >= 0.6 is 0 Å². The van der Waals surface area contributed by atoms with Gasteiger partial charge in [0.1, 0.15) is 11.7 Å². The average Bonchev–Trinajstić information content (AvgIpc) is 2.66. The Bertz CT molecular complexity index is 497. The second kappa shape index (κ2) is 5.68. The minimum atomic E-state index is -1.01. The summed E-state index contributed by atoms with van der Waals surface area (Å²) in [4.78, 5) is 23.2. The molecule has 0 saturated carbocycles. The van der Waals surface area contributed by atoms with E-state index in [2.05, 4.69) is 5.10 Å². The topological polar surface area (TPSA) is 102 Å². The Labute approximate surface area is 110 Å². The Morgan fingerprint density at radius 3 is 2.53 bits per heavy atom. The van der Waals surface area contributed by atoms with E-state index in [0.29, 0.717) is 13.0 Å². The van der Waals surface area contributed by atoms with Crippen LogP contribution in [0.25, 0.3) is 0 Å². The molecule has 1 atom stereocenters. The van der Waals surface area contributed by atoms with Gasteiger partial charge in [-0.15, -0.1) is 0 Å². The maximum Gasteiger partial charge on any atom is 0.333 e. The number of aromatic nitrogens is 2. The van der Waals surface area contributed by atoms with Gasteiger partial charge in [0.2, 0.25) is 5.82 Å². The summed E-state index contributed by atoms with van der Waals surface area (Å²) in [5.41, 5.74) is 0.151. The fraction of sp³-hybridized carbons (Fsp3) is 0.636. The largest absolute Gasteiger partial charge is 0.480 e. The van der Waals surface area contributed by atoms with Crippen LogP contribution in [0.3, 0.4) is 0 Å². The van der Waals surface area contributed by atoms with Crippen molar-refractivity contribution in [3.8, 4) is 0 Å². The molecule has 1 aromatic heterocycles. The molecule has 0 fully saturated rings. The zero-order valence-corrected chi connectivity index (χ0v) is 11.5. The number of aliphatic carboxylic acids is 1. The highest BCUT2D eigenvalue weighted by molar-refractivity contribution is 5.79. The van der Waals surface area contributed by atoms with Gasteiger partial charge >= 0.3 is 11.7 Å². The second-order valence-corrected chi connectivity index (χ2v) is 4.20. The molecule has 0 amide bonds. The quantitative estimate of drug-likeness (QED) is 0.619. The van der Waals surface area contributed by atoms with Crippen molar-refractivity contribution in [1.82, 2.24) is 9.78 Å². The highest BCUT2D eigenvalue weighted by atomic mass is 16.6. The molecule has 8 heteroatoms. The summed E-state index contributed by atoms with van der Waals surface area (Å²) in [6.45, 7) is 5.50. The Morgan fingerprint density at radius 1 is 1.58 bits per heavy atom. The van der Waals surface area contributed by atoms with Gasteiger partial charge in [-0.2, -0.15) is 5.10 Å². The zero-order chi connectivity index (χ0) is 14.7. The summed E-state index contributed by atoms with van der Waals surface area (Å²) in [7, 11) is 1.54. The molecule has 0 aliphatic rings. The predicted octanol–water partition coefficient (Wildman–Crippen LogP) is 1.42. The molecule has 1 N–H and O–H groups in total. The van der Waals surface area contributed by atoms with Crippen molar-refractivity contribution in [3.63, 3.8) is 0 Å². The van der Waals surface area contributed by atoms with Gasteiger partial charge in [0.05, 0.1) is 4.92 Å². The number of carboxylic acids is 1. The fourth-order valence-electron chi connectivity index (χ4n) is 2.10. The van der Waals surface area contributed by atoms with Crippen molar-refractivity contribution in [2.45, 2.75) is 39.8 Å². The van der Waals surface area contributed by atoms with Crippen molar-refractivity contribution in [3.05, 3.63) is 15.8 Å². The number of likely N-dealkylation sites (N-methyl/N-ethyl adjacent to an activating group) is 1. The first-order chi connectivity index (χ1) is 8.84. The minimum absolute atomic E-state index is 0.135. The summed E-state index contributed by atoms with van der Waals surface area (Å²) in [5, 5.41) is 24.4. The van der Waals surface area contributed by atoms with Gasteiger partial charge < -0.3 is 10.0 Å². The lowest BCUT2D eigenvalue weighted by atomic mass is 10.2. The van der Waals surface area contributed by atoms with Crippen LogP contribution in [0.15, 0.2) is 0 Å². The van der Waals surface area contributed by atoms with Crippen molar-refractivity contribution in [1.29, 1.82) is 0 Å². The maximum atomic E-state index is 11.2. The minimum Gasteiger partial charge on any atom is -0.480 e. The number of anilines is 1. The lowest BCUT2D eigenvalue weighted by Crippen LogP contribution is -2.39. The third-order valence-corrected chi connectivity index (χ3v) is 3.03. The summed E-state index contributed by atoms with van der Waals surface area (Å²) >= 11 is 0. The number of aryl methyl sites for hydroxylation is 2. The van der Waals surface area contributed by atoms with E-state index >= 15 is 0 Å². The first-order valence-electron chi connectivity index (χ1n) is 6.02. The average molecular weight is 270 g/mol. The molecule has 1 unspecified atom stereocenters. The first-order valence-corrected chi connectivity index (χ1v) is 6.02. The zero-order valence-electron chi connectivity index (χ0n) is 11.5. The van der Waals surface area contributed by atoms with Gasteiger partial charge in [0.25, 0.3) is 0 Å². The van der Waals surface area contributed by atoms with Crippen molar-refractivity contribution < 1.29 is 14.8 Å². The molecule has 19 heavy (non-hydrogen) atoms. The van der Waals surface area contributed by atoms with Crippen LogP contribution < -0.4 is 4.90 Å². The molecule has 1 aromatic rings. The van der Waals surface area contributed by atoms with Gasteiger partial charge in [-0.1, -0.05) is 6.92 Å². The van der Waals surface area contributed by atoms with E-state index in [1.54, 1.807) is 20.8 Å². The number of carbonyl (C=O) groups is 1. The molecular formula is C11H18N4O4. The highest BCUT2D eigenvalue weighted by Crippen LogP contribution is 2.32. The van der Waals surface area contributed by atoms with E-state index in [0.717, 1.165) is 0 Å². The van der Waals surface area contributed by atoms with E-state index in [1.165, 1.54) is 16.6 Å². The summed E-state index contributed by atoms with van der Waals surface area (Å²) in [5.74, 6) is -0.778. The molecule has 0 aromatic carbocycles. The van der Waals surface area contributed by atoms with Crippen molar-refractivity contribution in [2.75, 3.05) is 11.9 Å². The summed E-state index contributed by atoms with van der Waals surface area (Å²) in [6, 6.07) is -0.819. The van der Waals surface area contributed by atoms with Crippen LogP contribution in [0, 0.1) is 17.0 Å². The van der Waals surface area contributed by atoms with E-state index < -0.39 is 16.9 Å². The molecule has 0 saturated heterocycles. The van der Waals surface area contributed by atoms with E-state index in [1.807, 2.05) is 0 Å². The standard InChI is InChI=1S/C11H18N4O4/c1-5-8(11(16)17)13(4)10-9(15(18)19)7(3)12-14(10)6-2/h8H,5-6H2,1-4H3,(H,16,17). The van der Waals surface area contributed by atoms with Crippen LogP contribution in [0.2, 0.25) is 0 Å². The number of nitrogens with zero attached hydrogens (tertiary/aromatic N) is 4. The second-order valence-electron chi connectivity index (χ2n) is 4.20. The summed E-state index contributed by atoms with van der Waals surface area (Å²) in [6.07, 6.45) is 0.344. The van der Waals surface area contributed by atoms with E-state index in [4.69, 9.17) is 5.11 Å². The molecule has 106 valence electrons. The molecule has 8 nitrogen and oxygen atoms in total. The molecule has 1 heterocycles. The summed E-state index contributed by atoms with van der Waals surface area (Å²) < 4.78 is 1.46. The Morgan fingerprint density at radius 2 is 2.16 bits per heavy atom. The van der Waals surface area contributed by atoms with Gasteiger partial charge in [0, 0.05) is 13.6 Å². The lowest BCUT2D eigenvalue weighted by Gasteiger charge is -2.25. The first kappa shape index (κ1) is 14.9. The smallest absolute Gasteiger partial charge is 0.333 e.